The minimum atomic E-state index is -0.573. The number of rotatable bonds is 8. The number of hydrogen-bond donors (Lipinski definition) is 3. The number of aromatic nitrogens is 2. The Morgan fingerprint density at radius 2 is 2.00 bits per heavy atom. The third kappa shape index (κ3) is 5.24. The maximum Gasteiger partial charge on any atom is 0.255 e. The number of methoxy groups -OCH3 is 2. The third-order valence-corrected chi connectivity index (χ3v) is 6.70. The largest absolute Gasteiger partial charge is 0.497 e. The predicted molar refractivity (Wildman–Crippen MR) is 144 cm³/mol. The van der Waals surface area contributed by atoms with Crippen LogP contribution < -0.4 is 25.4 Å². The first-order valence-corrected chi connectivity index (χ1v) is 12.4. The zero-order valence-electron chi connectivity index (χ0n) is 21.6. The van der Waals surface area contributed by atoms with Crippen molar-refractivity contribution in [3.05, 3.63) is 72.1 Å². The number of amides is 3. The highest BCUT2D eigenvalue weighted by Gasteiger charge is 2.39. The molecule has 0 saturated carbocycles. The van der Waals surface area contributed by atoms with Crippen molar-refractivity contribution in [2.24, 2.45) is 0 Å². The molecule has 39 heavy (non-hydrogen) atoms. The molecule has 0 bridgehead atoms. The molecule has 0 spiro atoms. The maximum atomic E-state index is 13.1. The second-order valence-electron chi connectivity index (χ2n) is 9.15. The van der Waals surface area contributed by atoms with Crippen LogP contribution in [0, 0.1) is 0 Å². The van der Waals surface area contributed by atoms with Crippen LogP contribution in [0.3, 0.4) is 0 Å². The minimum Gasteiger partial charge on any atom is -0.497 e. The summed E-state index contributed by atoms with van der Waals surface area (Å²) < 4.78 is 10.7. The van der Waals surface area contributed by atoms with E-state index in [0.29, 0.717) is 64.1 Å². The van der Waals surface area contributed by atoms with E-state index < -0.39 is 6.04 Å². The highest BCUT2D eigenvalue weighted by molar-refractivity contribution is 6.04. The Labute approximate surface area is 225 Å². The van der Waals surface area contributed by atoms with Gasteiger partial charge in [-0.2, -0.15) is 0 Å². The molecular formula is C28H28N6O5. The summed E-state index contributed by atoms with van der Waals surface area (Å²) in [5.74, 6) is 1.29. The molecule has 0 radical (unpaired) electrons. The molecule has 5 rings (SSSR count). The van der Waals surface area contributed by atoms with Gasteiger partial charge in [-0.1, -0.05) is 12.6 Å². The number of nitrogens with zero attached hydrogens (tertiary/aromatic N) is 3. The number of carbonyl (C=O) groups is 3. The lowest BCUT2D eigenvalue weighted by Crippen LogP contribution is -2.49. The number of anilines is 2. The van der Waals surface area contributed by atoms with Crippen molar-refractivity contribution < 1.29 is 23.9 Å². The van der Waals surface area contributed by atoms with Crippen LogP contribution in [-0.2, 0) is 16.1 Å². The van der Waals surface area contributed by atoms with E-state index in [1.54, 1.807) is 67.8 Å². The van der Waals surface area contributed by atoms with E-state index in [9.17, 15) is 14.4 Å². The van der Waals surface area contributed by atoms with Gasteiger partial charge in [0.1, 0.15) is 23.4 Å². The van der Waals surface area contributed by atoms with Crippen LogP contribution in [0.1, 0.15) is 28.8 Å². The summed E-state index contributed by atoms with van der Waals surface area (Å²) in [5.41, 5.74) is 2.99. The normalized spacial score (nSPS) is 16.4. The summed E-state index contributed by atoms with van der Waals surface area (Å²) in [5, 5.41) is 8.62. The van der Waals surface area contributed by atoms with Gasteiger partial charge in [-0.05, 0) is 49.2 Å². The van der Waals surface area contributed by atoms with Crippen molar-refractivity contribution in [3.63, 3.8) is 0 Å². The second kappa shape index (κ2) is 10.8. The summed E-state index contributed by atoms with van der Waals surface area (Å²) in [6, 6.07) is 11.6. The topological polar surface area (TPSA) is 135 Å². The number of benzene rings is 2. The summed E-state index contributed by atoms with van der Waals surface area (Å²) >= 11 is 0. The average Bonchev–Trinajstić information content (AvgIpc) is 3.28. The fraction of sp³-hybridized carbons (Fsp3) is 0.250. The van der Waals surface area contributed by atoms with E-state index in [1.807, 2.05) is 0 Å². The molecule has 2 aliphatic rings. The van der Waals surface area contributed by atoms with E-state index in [4.69, 9.17) is 9.47 Å². The Morgan fingerprint density at radius 1 is 1.15 bits per heavy atom. The van der Waals surface area contributed by atoms with Gasteiger partial charge >= 0.3 is 0 Å². The van der Waals surface area contributed by atoms with Gasteiger partial charge in [0.15, 0.2) is 5.82 Å². The smallest absolute Gasteiger partial charge is 0.255 e. The highest BCUT2D eigenvalue weighted by atomic mass is 16.5. The Balaban J connectivity index is 1.26. The number of fused-ring (bicyclic) bond motifs is 1. The molecule has 3 N–H and O–H groups in total. The zero-order chi connectivity index (χ0) is 27.5. The van der Waals surface area contributed by atoms with Crippen molar-refractivity contribution >= 4 is 29.2 Å². The molecule has 1 aromatic heterocycles. The Bertz CT molecular complexity index is 1470. The molecular weight excluding hydrogens is 500 g/mol. The van der Waals surface area contributed by atoms with Gasteiger partial charge < -0.3 is 30.3 Å². The summed E-state index contributed by atoms with van der Waals surface area (Å²) in [6.07, 6.45) is 2.71. The quantitative estimate of drug-likeness (QED) is 0.406. The molecule has 11 heteroatoms. The van der Waals surface area contributed by atoms with Crippen molar-refractivity contribution in [1.82, 2.24) is 20.2 Å². The molecule has 0 aliphatic carbocycles. The number of hydrogen-bond acceptors (Lipinski definition) is 8. The number of nitrogens with one attached hydrogen (secondary N) is 3. The van der Waals surface area contributed by atoms with Crippen LogP contribution in [0.4, 0.5) is 11.5 Å². The Hall–Kier alpha value is -4.93. The molecule has 1 unspecified atom stereocenters. The molecule has 200 valence electrons. The van der Waals surface area contributed by atoms with E-state index >= 15 is 0 Å². The molecule has 2 aliphatic heterocycles. The number of allylic oxidation sites excluding steroid dienone is 1. The van der Waals surface area contributed by atoms with Crippen LogP contribution >= 0.6 is 0 Å². The first kappa shape index (κ1) is 25.7. The number of piperidine rings is 1. The minimum absolute atomic E-state index is 0.0693. The van der Waals surface area contributed by atoms with Gasteiger partial charge in [0, 0.05) is 35.3 Å². The monoisotopic (exact) mass is 528 g/mol. The lowest BCUT2D eigenvalue weighted by molar-refractivity contribution is -0.126. The van der Waals surface area contributed by atoms with Gasteiger partial charge in [-0.3, -0.25) is 14.4 Å². The van der Waals surface area contributed by atoms with Gasteiger partial charge in [0.2, 0.25) is 11.8 Å². The first-order valence-electron chi connectivity index (χ1n) is 12.4. The SMILES string of the molecule is C=C1CCC(N2Cc3c(NC(=O)CNc4ccnc(-c5cc(OC)ccc5OC)n4)cccc3C2=O)C(=O)N1. The van der Waals surface area contributed by atoms with Gasteiger partial charge in [0.05, 0.1) is 26.3 Å². The molecule has 11 nitrogen and oxygen atoms in total. The summed E-state index contributed by atoms with van der Waals surface area (Å²) in [7, 11) is 3.13. The van der Waals surface area contributed by atoms with Crippen molar-refractivity contribution in [2.45, 2.75) is 25.4 Å². The fourth-order valence-electron chi connectivity index (χ4n) is 4.72. The molecule has 3 heterocycles. The molecule has 3 amide bonds. The third-order valence-electron chi connectivity index (χ3n) is 6.70. The van der Waals surface area contributed by atoms with Gasteiger partial charge in [0.25, 0.3) is 5.91 Å². The van der Waals surface area contributed by atoms with Crippen LogP contribution in [0.5, 0.6) is 11.5 Å². The first-order chi connectivity index (χ1) is 18.9. The molecule has 3 aromatic rings. The van der Waals surface area contributed by atoms with E-state index in [1.165, 1.54) is 0 Å². The van der Waals surface area contributed by atoms with Crippen molar-refractivity contribution in [1.29, 1.82) is 0 Å². The van der Waals surface area contributed by atoms with E-state index in [0.717, 1.165) is 0 Å². The molecule has 1 fully saturated rings. The average molecular weight is 529 g/mol. The second-order valence-corrected chi connectivity index (χ2v) is 9.15. The van der Waals surface area contributed by atoms with Crippen molar-refractivity contribution in [3.8, 4) is 22.9 Å². The van der Waals surface area contributed by atoms with Crippen molar-refractivity contribution in [2.75, 3.05) is 31.4 Å². The molecule has 2 aromatic carbocycles. The fourth-order valence-corrected chi connectivity index (χ4v) is 4.72. The van der Waals surface area contributed by atoms with E-state index in [-0.39, 0.29) is 30.8 Å². The van der Waals surface area contributed by atoms with Crippen LogP contribution in [0.15, 0.2) is 60.9 Å². The van der Waals surface area contributed by atoms with Crippen LogP contribution in [0.2, 0.25) is 0 Å². The predicted octanol–water partition coefficient (Wildman–Crippen LogP) is 2.96. The zero-order valence-corrected chi connectivity index (χ0v) is 21.6. The Kier molecular flexibility index (Phi) is 7.13. The number of carbonyl (C=O) groups excluding carboxylic acids is 3. The van der Waals surface area contributed by atoms with Crippen LogP contribution in [0.25, 0.3) is 11.4 Å². The molecule has 1 saturated heterocycles. The highest BCUT2D eigenvalue weighted by Crippen LogP contribution is 2.33. The lowest BCUT2D eigenvalue weighted by atomic mass is 10.0. The number of ether oxygens (including phenoxy) is 2. The van der Waals surface area contributed by atoms with Gasteiger partial charge in [-0.25, -0.2) is 9.97 Å². The van der Waals surface area contributed by atoms with Gasteiger partial charge in [-0.15, -0.1) is 0 Å². The van der Waals surface area contributed by atoms with Crippen LogP contribution in [-0.4, -0.2) is 59.4 Å². The maximum absolute atomic E-state index is 13.1. The molecule has 1 atom stereocenters. The lowest BCUT2D eigenvalue weighted by Gasteiger charge is -2.31. The standard InChI is InChI=1S/C28H28N6O5/c1-16-7-9-22(27(36)31-16)34-15-20-18(28(34)37)5-4-6-21(20)32-25(35)14-30-24-11-12-29-26(33-24)19-13-17(38-2)8-10-23(19)39-3/h4-6,8,10-13,22H,1,7,9,14-15H2,2-3H3,(H,31,36)(H,32,35)(H,29,30,33). The summed E-state index contributed by atoms with van der Waals surface area (Å²) in [6.45, 7) is 3.96. The summed E-state index contributed by atoms with van der Waals surface area (Å²) in [4.78, 5) is 48.8. The van der Waals surface area contributed by atoms with E-state index in [2.05, 4.69) is 32.5 Å². The Morgan fingerprint density at radius 3 is 2.77 bits per heavy atom.